The van der Waals surface area contributed by atoms with E-state index in [4.69, 9.17) is 19.2 Å². The van der Waals surface area contributed by atoms with Crippen molar-refractivity contribution in [3.05, 3.63) is 52.5 Å². The highest BCUT2D eigenvalue weighted by Gasteiger charge is 2.38. The number of unbranched alkanes of at least 4 members (excludes halogenated alkanes) is 1. The molecule has 2 aromatic rings. The van der Waals surface area contributed by atoms with Crippen molar-refractivity contribution in [2.75, 3.05) is 45.3 Å². The van der Waals surface area contributed by atoms with Gasteiger partial charge in [0.1, 0.15) is 29.6 Å². The first-order valence-corrected chi connectivity index (χ1v) is 15.3. The molecule has 0 bridgehead atoms. The number of nitrogens with zero attached hydrogens (tertiary/aromatic N) is 2. The van der Waals surface area contributed by atoms with Crippen LogP contribution in [0.15, 0.2) is 24.3 Å². The Morgan fingerprint density at radius 3 is 2.86 bits per heavy atom. The van der Waals surface area contributed by atoms with Crippen LogP contribution in [0.1, 0.15) is 73.4 Å². The number of nitrogens with one attached hydrogen (secondary N) is 1. The summed E-state index contributed by atoms with van der Waals surface area (Å²) in [6.45, 7) is 3.15. The van der Waals surface area contributed by atoms with E-state index >= 15 is 4.39 Å². The van der Waals surface area contributed by atoms with Gasteiger partial charge in [-0.2, -0.15) is 0 Å². The average molecular weight is 588 g/mol. The van der Waals surface area contributed by atoms with Crippen molar-refractivity contribution in [1.82, 2.24) is 9.88 Å². The number of carboxylic acid groups (broad SMARTS) is 1. The fourth-order valence-corrected chi connectivity index (χ4v) is 6.48. The van der Waals surface area contributed by atoms with Crippen LogP contribution in [-0.4, -0.2) is 73.2 Å². The molecule has 0 radical (unpaired) electrons. The Morgan fingerprint density at radius 2 is 2.07 bits per heavy atom. The first kappa shape index (κ1) is 30.6. The number of ether oxygens (including phenoxy) is 3. The molecule has 0 saturated carbocycles. The number of aryl methyl sites for hydroxylation is 1. The molecule has 10 heteroatoms. The summed E-state index contributed by atoms with van der Waals surface area (Å²) in [7, 11) is 1.68. The number of aliphatic carboxylic acids is 1. The van der Waals surface area contributed by atoms with E-state index in [2.05, 4.69) is 5.32 Å². The Labute approximate surface area is 246 Å². The lowest BCUT2D eigenvalue weighted by atomic mass is 9.96. The number of anilines is 1. The second-order valence-corrected chi connectivity index (χ2v) is 11.7. The Hall–Kier alpha value is -2.82. The summed E-state index contributed by atoms with van der Waals surface area (Å²) >= 11 is 0. The maximum atomic E-state index is 15.4. The second-order valence-electron chi connectivity index (χ2n) is 11.7. The zero-order chi connectivity index (χ0) is 29.5. The predicted octanol–water partition coefficient (Wildman–Crippen LogP) is 5.48. The summed E-state index contributed by atoms with van der Waals surface area (Å²) in [6.07, 6.45) is 5.83. The van der Waals surface area contributed by atoms with Crippen molar-refractivity contribution in [2.24, 2.45) is 5.92 Å². The second kappa shape index (κ2) is 14.6. The SMILES string of the molecule is COc1cc(CCCC[C@@H](F)[C@@H]2CCN([C@@H](C(=O)O)c3cc(F)ccc3COC3CCOCC3)C2)nc2c1CCCN2. The standard InChI is InChI=1S/C32H43F2N3O5/c1-40-29-18-24(36-31-26(29)6-4-13-35-31)5-2-3-7-28(34)21-10-14-37(19-21)30(32(38)39)27-17-23(33)9-8-22(27)20-42-25-11-15-41-16-12-25/h8-9,17-18,21,25,28,30H,2-7,10-16,19-20H2,1H3,(H,35,36)(H,38,39)/t21-,28-,30-/m1/s1. The van der Waals surface area contributed by atoms with Crippen molar-refractivity contribution in [3.8, 4) is 5.75 Å². The molecule has 4 heterocycles. The van der Waals surface area contributed by atoms with E-state index in [9.17, 15) is 14.3 Å². The number of hydrogen-bond acceptors (Lipinski definition) is 7. The minimum atomic E-state index is -1.06. The first-order valence-electron chi connectivity index (χ1n) is 15.3. The number of methoxy groups -OCH3 is 1. The third-order valence-electron chi connectivity index (χ3n) is 8.83. The Balaban J connectivity index is 1.15. The van der Waals surface area contributed by atoms with Crippen LogP contribution in [0.25, 0.3) is 0 Å². The van der Waals surface area contributed by atoms with E-state index in [0.29, 0.717) is 56.7 Å². The van der Waals surface area contributed by atoms with Crippen LogP contribution in [0, 0.1) is 11.7 Å². The van der Waals surface area contributed by atoms with Gasteiger partial charge >= 0.3 is 5.97 Å². The van der Waals surface area contributed by atoms with E-state index in [0.717, 1.165) is 67.9 Å². The molecule has 0 amide bonds. The van der Waals surface area contributed by atoms with Gasteiger partial charge in [0, 0.05) is 49.5 Å². The summed E-state index contributed by atoms with van der Waals surface area (Å²) in [5.74, 6) is -0.0530. The number of halogens is 2. The van der Waals surface area contributed by atoms with E-state index in [-0.39, 0.29) is 18.6 Å². The van der Waals surface area contributed by atoms with Gasteiger partial charge in [0.05, 0.1) is 19.8 Å². The maximum Gasteiger partial charge on any atom is 0.325 e. The third kappa shape index (κ3) is 7.57. The number of aromatic nitrogens is 1. The van der Waals surface area contributed by atoms with Gasteiger partial charge in [-0.1, -0.05) is 12.5 Å². The molecule has 0 aliphatic carbocycles. The molecule has 3 aliphatic heterocycles. The molecule has 5 rings (SSSR count). The van der Waals surface area contributed by atoms with Gasteiger partial charge < -0.3 is 24.6 Å². The number of benzene rings is 1. The molecule has 1 aromatic carbocycles. The smallest absolute Gasteiger partial charge is 0.325 e. The minimum absolute atomic E-state index is 0.0325. The number of carboxylic acids is 1. The fourth-order valence-electron chi connectivity index (χ4n) is 6.48. The molecule has 230 valence electrons. The molecule has 1 aromatic heterocycles. The minimum Gasteiger partial charge on any atom is -0.496 e. The van der Waals surface area contributed by atoms with Crippen LogP contribution < -0.4 is 10.1 Å². The number of rotatable bonds is 13. The summed E-state index contributed by atoms with van der Waals surface area (Å²) < 4.78 is 46.7. The van der Waals surface area contributed by atoms with Gasteiger partial charge in [0.2, 0.25) is 0 Å². The van der Waals surface area contributed by atoms with Crippen molar-refractivity contribution in [2.45, 2.75) is 82.7 Å². The van der Waals surface area contributed by atoms with Crippen molar-refractivity contribution in [1.29, 1.82) is 0 Å². The quantitative estimate of drug-likeness (QED) is 0.298. The lowest BCUT2D eigenvalue weighted by molar-refractivity contribution is -0.143. The zero-order valence-electron chi connectivity index (χ0n) is 24.5. The molecule has 2 saturated heterocycles. The summed E-state index contributed by atoms with van der Waals surface area (Å²) in [6, 6.07) is 5.18. The van der Waals surface area contributed by atoms with E-state index in [1.165, 1.54) is 12.1 Å². The summed E-state index contributed by atoms with van der Waals surface area (Å²) in [4.78, 5) is 19.0. The highest BCUT2D eigenvalue weighted by molar-refractivity contribution is 5.76. The molecule has 0 unspecified atom stereocenters. The normalized spacial score (nSPS) is 21.0. The van der Waals surface area contributed by atoms with E-state index in [1.807, 2.05) is 6.07 Å². The molecule has 3 aliphatic rings. The first-order chi connectivity index (χ1) is 20.4. The fraction of sp³-hybridized carbons (Fsp3) is 0.625. The van der Waals surface area contributed by atoms with Crippen LogP contribution in [-0.2, 0) is 33.7 Å². The largest absolute Gasteiger partial charge is 0.496 e. The lowest BCUT2D eigenvalue weighted by Gasteiger charge is -2.28. The van der Waals surface area contributed by atoms with Crippen LogP contribution in [0.4, 0.5) is 14.6 Å². The topological polar surface area (TPSA) is 93.2 Å². The van der Waals surface area contributed by atoms with Gasteiger partial charge in [-0.25, -0.2) is 13.8 Å². The van der Waals surface area contributed by atoms with Gasteiger partial charge in [-0.05, 0) is 81.2 Å². The average Bonchev–Trinajstić information content (AvgIpc) is 3.48. The highest BCUT2D eigenvalue weighted by Crippen LogP contribution is 2.35. The van der Waals surface area contributed by atoms with E-state index < -0.39 is 24.0 Å². The van der Waals surface area contributed by atoms with Gasteiger partial charge in [-0.15, -0.1) is 0 Å². The molecule has 42 heavy (non-hydrogen) atoms. The molecule has 3 atom stereocenters. The molecule has 2 fully saturated rings. The summed E-state index contributed by atoms with van der Waals surface area (Å²) in [5.41, 5.74) is 3.10. The lowest BCUT2D eigenvalue weighted by Crippen LogP contribution is -2.34. The Morgan fingerprint density at radius 1 is 1.24 bits per heavy atom. The monoisotopic (exact) mass is 587 g/mol. The van der Waals surface area contributed by atoms with Crippen LogP contribution in [0.5, 0.6) is 5.75 Å². The predicted molar refractivity (Wildman–Crippen MR) is 155 cm³/mol. The van der Waals surface area contributed by atoms with Gasteiger partial charge in [0.25, 0.3) is 0 Å². The van der Waals surface area contributed by atoms with Crippen molar-refractivity contribution in [3.63, 3.8) is 0 Å². The molecular formula is C32H43F2N3O5. The van der Waals surface area contributed by atoms with Crippen molar-refractivity contribution >= 4 is 11.8 Å². The Bertz CT molecular complexity index is 1190. The number of carbonyl (C=O) groups is 1. The van der Waals surface area contributed by atoms with Gasteiger partial charge in [-0.3, -0.25) is 9.69 Å². The zero-order valence-corrected chi connectivity index (χ0v) is 24.5. The highest BCUT2D eigenvalue weighted by atomic mass is 19.1. The number of pyridine rings is 1. The number of hydrogen-bond donors (Lipinski definition) is 2. The number of likely N-dealkylation sites (tertiary alicyclic amines) is 1. The molecule has 0 spiro atoms. The number of alkyl halides is 1. The van der Waals surface area contributed by atoms with Gasteiger partial charge in [0.15, 0.2) is 0 Å². The van der Waals surface area contributed by atoms with E-state index in [1.54, 1.807) is 18.1 Å². The third-order valence-corrected chi connectivity index (χ3v) is 8.83. The van der Waals surface area contributed by atoms with Crippen LogP contribution in [0.2, 0.25) is 0 Å². The molecule has 8 nitrogen and oxygen atoms in total. The van der Waals surface area contributed by atoms with Crippen LogP contribution in [0.3, 0.4) is 0 Å². The van der Waals surface area contributed by atoms with Crippen molar-refractivity contribution < 1.29 is 32.9 Å². The molecule has 2 N–H and O–H groups in total. The maximum absolute atomic E-state index is 15.4. The van der Waals surface area contributed by atoms with Crippen LogP contribution >= 0.6 is 0 Å². The Kier molecular flexibility index (Phi) is 10.6. The summed E-state index contributed by atoms with van der Waals surface area (Å²) in [5, 5.41) is 13.6. The molecular weight excluding hydrogens is 544 g/mol. The number of fused-ring (bicyclic) bond motifs is 1.